The summed E-state index contributed by atoms with van der Waals surface area (Å²) in [4.78, 5) is 18.7. The molecule has 2 rings (SSSR count). The van der Waals surface area contributed by atoms with Gasteiger partial charge in [-0.25, -0.2) is 19.9 Å². The molecule has 2 aromatic heterocycles. The van der Waals surface area contributed by atoms with E-state index < -0.39 is 0 Å². The van der Waals surface area contributed by atoms with Crippen molar-refractivity contribution in [1.82, 2.24) is 24.8 Å². The first-order valence-corrected chi connectivity index (χ1v) is 5.21. The van der Waals surface area contributed by atoms with E-state index in [0.717, 1.165) is 5.70 Å². The standard InChI is InChI=1S/C12H13N5/c1-17(2)10(12-15-7-4-8-16-12)9-11-13-5-3-6-14-11/h3-9H,1-2H3/b10-9-. The van der Waals surface area contributed by atoms with Crippen molar-refractivity contribution in [3.8, 4) is 0 Å². The van der Waals surface area contributed by atoms with E-state index in [1.54, 1.807) is 36.9 Å². The molecule has 0 aromatic carbocycles. The summed E-state index contributed by atoms with van der Waals surface area (Å²) >= 11 is 0. The van der Waals surface area contributed by atoms with Crippen molar-refractivity contribution in [2.24, 2.45) is 0 Å². The van der Waals surface area contributed by atoms with Crippen LogP contribution in [0.4, 0.5) is 0 Å². The molecule has 0 unspecified atom stereocenters. The van der Waals surface area contributed by atoms with Crippen molar-refractivity contribution in [3.63, 3.8) is 0 Å². The van der Waals surface area contributed by atoms with Gasteiger partial charge in [0.05, 0.1) is 5.70 Å². The Kier molecular flexibility index (Phi) is 3.40. The second-order valence-electron chi connectivity index (χ2n) is 3.60. The Morgan fingerprint density at radius 3 is 2.00 bits per heavy atom. The molecule has 0 N–H and O–H groups in total. The number of hydrogen-bond acceptors (Lipinski definition) is 5. The number of nitrogens with zero attached hydrogens (tertiary/aromatic N) is 5. The fraction of sp³-hybridized carbons (Fsp3) is 0.167. The van der Waals surface area contributed by atoms with Crippen LogP contribution in [-0.4, -0.2) is 38.9 Å². The molecule has 0 spiro atoms. The van der Waals surface area contributed by atoms with E-state index in [4.69, 9.17) is 0 Å². The zero-order chi connectivity index (χ0) is 12.1. The molecule has 0 aliphatic rings. The van der Waals surface area contributed by atoms with Crippen LogP contribution in [-0.2, 0) is 0 Å². The summed E-state index contributed by atoms with van der Waals surface area (Å²) in [6, 6.07) is 3.57. The van der Waals surface area contributed by atoms with Crippen molar-refractivity contribution in [2.45, 2.75) is 0 Å². The lowest BCUT2D eigenvalue weighted by Gasteiger charge is -2.15. The SMILES string of the molecule is CN(C)/C(=C\c1ncccn1)c1ncccn1. The van der Waals surface area contributed by atoms with Gasteiger partial charge in [0.15, 0.2) is 11.6 Å². The Bertz CT molecular complexity index is 493. The van der Waals surface area contributed by atoms with Gasteiger partial charge in [-0.3, -0.25) is 0 Å². The van der Waals surface area contributed by atoms with Crippen molar-refractivity contribution >= 4 is 11.8 Å². The maximum atomic E-state index is 4.22. The highest BCUT2D eigenvalue weighted by Crippen LogP contribution is 2.13. The molecule has 0 amide bonds. The smallest absolute Gasteiger partial charge is 0.175 e. The van der Waals surface area contributed by atoms with Gasteiger partial charge < -0.3 is 4.90 Å². The molecule has 0 saturated heterocycles. The lowest BCUT2D eigenvalue weighted by atomic mass is 10.3. The highest BCUT2D eigenvalue weighted by atomic mass is 15.1. The van der Waals surface area contributed by atoms with Crippen LogP contribution in [0.15, 0.2) is 36.9 Å². The molecule has 5 nitrogen and oxygen atoms in total. The summed E-state index contributed by atoms with van der Waals surface area (Å²) in [7, 11) is 3.87. The molecule has 0 saturated carbocycles. The van der Waals surface area contributed by atoms with Crippen molar-refractivity contribution in [1.29, 1.82) is 0 Å². The van der Waals surface area contributed by atoms with E-state index in [9.17, 15) is 0 Å². The molecule has 0 atom stereocenters. The molecule has 2 aromatic rings. The molecule has 0 fully saturated rings. The second kappa shape index (κ2) is 5.16. The summed E-state index contributed by atoms with van der Waals surface area (Å²) in [6.07, 6.45) is 8.70. The van der Waals surface area contributed by atoms with Gasteiger partial charge in [0.2, 0.25) is 0 Å². The molecular formula is C12H13N5. The molecule has 0 bridgehead atoms. The molecule has 86 valence electrons. The van der Waals surface area contributed by atoms with Crippen molar-refractivity contribution in [2.75, 3.05) is 14.1 Å². The fourth-order valence-electron chi connectivity index (χ4n) is 1.33. The van der Waals surface area contributed by atoms with Crippen LogP contribution in [0.5, 0.6) is 0 Å². The Labute approximate surface area is 99.9 Å². The Balaban J connectivity index is 2.40. The zero-order valence-corrected chi connectivity index (χ0v) is 9.78. The molecule has 0 aliphatic heterocycles. The van der Waals surface area contributed by atoms with Crippen molar-refractivity contribution in [3.05, 3.63) is 48.6 Å². The summed E-state index contributed by atoms with van der Waals surface area (Å²) in [5, 5.41) is 0. The van der Waals surface area contributed by atoms with E-state index in [2.05, 4.69) is 19.9 Å². The maximum Gasteiger partial charge on any atom is 0.175 e. The average molecular weight is 227 g/mol. The van der Waals surface area contributed by atoms with E-state index in [1.165, 1.54) is 0 Å². The first-order valence-electron chi connectivity index (χ1n) is 5.21. The van der Waals surface area contributed by atoms with Crippen LogP contribution in [0.1, 0.15) is 11.6 Å². The summed E-state index contributed by atoms with van der Waals surface area (Å²) in [5.74, 6) is 1.30. The van der Waals surface area contributed by atoms with E-state index in [0.29, 0.717) is 11.6 Å². The average Bonchev–Trinajstić information content (AvgIpc) is 2.38. The highest BCUT2D eigenvalue weighted by molar-refractivity contribution is 5.74. The summed E-state index contributed by atoms with van der Waals surface area (Å²) in [6.45, 7) is 0. The van der Waals surface area contributed by atoms with Crippen LogP contribution in [0.2, 0.25) is 0 Å². The summed E-state index contributed by atoms with van der Waals surface area (Å²) < 4.78 is 0. The molecule has 17 heavy (non-hydrogen) atoms. The molecule has 2 heterocycles. The lowest BCUT2D eigenvalue weighted by Crippen LogP contribution is -2.12. The Morgan fingerprint density at radius 1 is 0.941 bits per heavy atom. The largest absolute Gasteiger partial charge is 0.375 e. The molecule has 5 heteroatoms. The predicted molar refractivity (Wildman–Crippen MR) is 65.6 cm³/mol. The van der Waals surface area contributed by atoms with Crippen LogP contribution >= 0.6 is 0 Å². The van der Waals surface area contributed by atoms with Gasteiger partial charge in [-0.15, -0.1) is 0 Å². The number of hydrogen-bond donors (Lipinski definition) is 0. The predicted octanol–water partition coefficient (Wildman–Crippen LogP) is 1.33. The number of aromatic nitrogens is 4. The first kappa shape index (κ1) is 11.2. The highest BCUT2D eigenvalue weighted by Gasteiger charge is 2.07. The quantitative estimate of drug-likeness (QED) is 0.791. The second-order valence-corrected chi connectivity index (χ2v) is 3.60. The van der Waals surface area contributed by atoms with Gasteiger partial charge >= 0.3 is 0 Å². The molecule has 0 aliphatic carbocycles. The van der Waals surface area contributed by atoms with Gasteiger partial charge in [0.25, 0.3) is 0 Å². The third-order valence-corrected chi connectivity index (χ3v) is 2.13. The van der Waals surface area contributed by atoms with E-state index >= 15 is 0 Å². The molecule has 0 radical (unpaired) electrons. The van der Waals surface area contributed by atoms with Gasteiger partial charge in [0.1, 0.15) is 0 Å². The maximum absolute atomic E-state index is 4.22. The van der Waals surface area contributed by atoms with Gasteiger partial charge in [0, 0.05) is 45.0 Å². The van der Waals surface area contributed by atoms with E-state index in [1.807, 2.05) is 25.1 Å². The normalized spacial score (nSPS) is 11.3. The van der Waals surface area contributed by atoms with E-state index in [-0.39, 0.29) is 0 Å². The zero-order valence-electron chi connectivity index (χ0n) is 9.78. The minimum atomic E-state index is 0.642. The minimum Gasteiger partial charge on any atom is -0.375 e. The third-order valence-electron chi connectivity index (χ3n) is 2.13. The third kappa shape index (κ3) is 2.84. The van der Waals surface area contributed by atoms with Crippen LogP contribution in [0.25, 0.3) is 11.8 Å². The van der Waals surface area contributed by atoms with Crippen LogP contribution < -0.4 is 0 Å². The Morgan fingerprint density at radius 2 is 1.47 bits per heavy atom. The Hall–Kier alpha value is -2.30. The lowest BCUT2D eigenvalue weighted by molar-refractivity contribution is 0.587. The van der Waals surface area contributed by atoms with Crippen LogP contribution in [0.3, 0.4) is 0 Å². The monoisotopic (exact) mass is 227 g/mol. The van der Waals surface area contributed by atoms with Crippen molar-refractivity contribution < 1.29 is 0 Å². The topological polar surface area (TPSA) is 54.8 Å². The van der Waals surface area contributed by atoms with Gasteiger partial charge in [-0.2, -0.15) is 0 Å². The van der Waals surface area contributed by atoms with Gasteiger partial charge in [-0.1, -0.05) is 0 Å². The minimum absolute atomic E-state index is 0.642. The summed E-state index contributed by atoms with van der Waals surface area (Å²) in [5.41, 5.74) is 0.872. The van der Waals surface area contributed by atoms with Crippen LogP contribution in [0, 0.1) is 0 Å². The van der Waals surface area contributed by atoms with Gasteiger partial charge in [-0.05, 0) is 12.1 Å². The first-order chi connectivity index (χ1) is 8.27. The fourth-order valence-corrected chi connectivity index (χ4v) is 1.33. The molecular weight excluding hydrogens is 214 g/mol. The number of rotatable bonds is 3.